The molecule has 0 atom stereocenters. The summed E-state index contributed by atoms with van der Waals surface area (Å²) >= 11 is 6.20. The summed E-state index contributed by atoms with van der Waals surface area (Å²) in [5.41, 5.74) is 1.63. The number of carbonyl (C=O) groups excluding carboxylic acids is 1. The second-order valence-electron chi connectivity index (χ2n) is 4.41. The van der Waals surface area contributed by atoms with Crippen molar-refractivity contribution < 1.29 is 4.79 Å². The van der Waals surface area contributed by atoms with Crippen molar-refractivity contribution in [1.29, 1.82) is 0 Å². The van der Waals surface area contributed by atoms with E-state index in [1.54, 1.807) is 0 Å². The number of benzene rings is 2. The lowest BCUT2D eigenvalue weighted by Crippen LogP contribution is -2.09. The van der Waals surface area contributed by atoms with E-state index in [1.165, 1.54) is 0 Å². The van der Waals surface area contributed by atoms with Crippen LogP contribution in [0.1, 0.15) is 10.4 Å². The molecule has 0 aliphatic carbocycles. The summed E-state index contributed by atoms with van der Waals surface area (Å²) in [6.45, 7) is 0.303. The summed E-state index contributed by atoms with van der Waals surface area (Å²) in [5.74, 6) is 0.0815. The minimum atomic E-state index is 0.0815. The van der Waals surface area contributed by atoms with Crippen LogP contribution in [0.2, 0.25) is 5.02 Å². The number of Topliss-reactive ketones (excluding diaryl/α,β-unsaturated/α-hetero) is 1. The SMILES string of the molecule is O=C(Cn1ccc2cccc(Cl)c21)c1ccccc1. The van der Waals surface area contributed by atoms with E-state index in [0.717, 1.165) is 16.5 Å². The maximum atomic E-state index is 12.2. The number of rotatable bonds is 3. The van der Waals surface area contributed by atoms with Gasteiger partial charge in [-0.05, 0) is 12.1 Å². The van der Waals surface area contributed by atoms with Crippen molar-refractivity contribution in [1.82, 2.24) is 4.57 Å². The minimum Gasteiger partial charge on any atom is -0.338 e. The number of hydrogen-bond donors (Lipinski definition) is 0. The summed E-state index contributed by atoms with van der Waals surface area (Å²) in [4.78, 5) is 12.2. The van der Waals surface area contributed by atoms with Crippen LogP contribution in [0.3, 0.4) is 0 Å². The van der Waals surface area contributed by atoms with Gasteiger partial charge in [-0.3, -0.25) is 4.79 Å². The molecule has 94 valence electrons. The third-order valence-corrected chi connectivity index (χ3v) is 3.45. The molecule has 0 bridgehead atoms. The number of fused-ring (bicyclic) bond motifs is 1. The minimum absolute atomic E-state index is 0.0815. The second kappa shape index (κ2) is 4.90. The highest BCUT2D eigenvalue weighted by Crippen LogP contribution is 2.24. The van der Waals surface area contributed by atoms with E-state index in [-0.39, 0.29) is 5.78 Å². The van der Waals surface area contributed by atoms with E-state index in [1.807, 2.05) is 65.4 Å². The van der Waals surface area contributed by atoms with Crippen molar-refractivity contribution in [2.75, 3.05) is 0 Å². The van der Waals surface area contributed by atoms with Gasteiger partial charge in [0.2, 0.25) is 0 Å². The monoisotopic (exact) mass is 269 g/mol. The second-order valence-corrected chi connectivity index (χ2v) is 4.82. The van der Waals surface area contributed by atoms with Gasteiger partial charge in [0, 0.05) is 17.1 Å². The molecule has 0 aliphatic heterocycles. The summed E-state index contributed by atoms with van der Waals surface area (Å²) in [6.07, 6.45) is 1.90. The fourth-order valence-corrected chi connectivity index (χ4v) is 2.51. The summed E-state index contributed by atoms with van der Waals surface area (Å²) in [6, 6.07) is 17.0. The van der Waals surface area contributed by atoms with E-state index in [9.17, 15) is 4.79 Å². The van der Waals surface area contributed by atoms with E-state index in [2.05, 4.69) is 0 Å². The molecule has 0 saturated carbocycles. The molecule has 1 heterocycles. The van der Waals surface area contributed by atoms with Gasteiger partial charge >= 0.3 is 0 Å². The molecule has 0 aliphatic rings. The van der Waals surface area contributed by atoms with Crippen LogP contribution in [0, 0.1) is 0 Å². The Bertz CT molecular complexity index is 731. The van der Waals surface area contributed by atoms with Gasteiger partial charge in [-0.25, -0.2) is 0 Å². The van der Waals surface area contributed by atoms with Crippen LogP contribution in [-0.4, -0.2) is 10.4 Å². The Balaban J connectivity index is 1.96. The van der Waals surface area contributed by atoms with Crippen molar-refractivity contribution in [2.24, 2.45) is 0 Å². The highest BCUT2D eigenvalue weighted by molar-refractivity contribution is 6.35. The number of carbonyl (C=O) groups is 1. The zero-order chi connectivity index (χ0) is 13.2. The van der Waals surface area contributed by atoms with E-state index in [4.69, 9.17) is 11.6 Å². The highest BCUT2D eigenvalue weighted by Gasteiger charge is 2.10. The molecular formula is C16H12ClNO. The largest absolute Gasteiger partial charge is 0.338 e. The van der Waals surface area contributed by atoms with Gasteiger partial charge in [0.15, 0.2) is 5.78 Å². The van der Waals surface area contributed by atoms with Gasteiger partial charge in [-0.1, -0.05) is 54.1 Å². The van der Waals surface area contributed by atoms with Crippen LogP contribution >= 0.6 is 11.6 Å². The molecule has 0 radical (unpaired) electrons. The van der Waals surface area contributed by atoms with E-state index >= 15 is 0 Å². The first kappa shape index (κ1) is 12.0. The van der Waals surface area contributed by atoms with Gasteiger partial charge in [-0.15, -0.1) is 0 Å². The molecule has 3 heteroatoms. The van der Waals surface area contributed by atoms with Gasteiger partial charge < -0.3 is 4.57 Å². The topological polar surface area (TPSA) is 22.0 Å². The van der Waals surface area contributed by atoms with Crippen LogP contribution in [0.5, 0.6) is 0 Å². The Hall–Kier alpha value is -2.06. The van der Waals surface area contributed by atoms with Gasteiger partial charge in [-0.2, -0.15) is 0 Å². The number of halogens is 1. The lowest BCUT2D eigenvalue weighted by atomic mass is 10.1. The van der Waals surface area contributed by atoms with Crippen LogP contribution in [0.15, 0.2) is 60.8 Å². The first-order chi connectivity index (χ1) is 9.25. The lowest BCUT2D eigenvalue weighted by Gasteiger charge is -2.06. The first-order valence-electron chi connectivity index (χ1n) is 6.07. The number of aromatic nitrogens is 1. The van der Waals surface area contributed by atoms with E-state index < -0.39 is 0 Å². The maximum absolute atomic E-state index is 12.2. The number of ketones is 1. The van der Waals surface area contributed by atoms with Crippen LogP contribution in [0.4, 0.5) is 0 Å². The predicted molar refractivity (Wildman–Crippen MR) is 77.7 cm³/mol. The number of nitrogens with zero attached hydrogens (tertiary/aromatic N) is 1. The maximum Gasteiger partial charge on any atom is 0.182 e. The van der Waals surface area contributed by atoms with E-state index in [0.29, 0.717) is 11.6 Å². The molecule has 2 aromatic carbocycles. The Morgan fingerprint density at radius 2 is 1.79 bits per heavy atom. The fourth-order valence-electron chi connectivity index (χ4n) is 2.22. The number of hydrogen-bond acceptors (Lipinski definition) is 1. The van der Waals surface area contributed by atoms with Crippen molar-refractivity contribution >= 4 is 28.3 Å². The summed E-state index contributed by atoms with van der Waals surface area (Å²) in [7, 11) is 0. The highest BCUT2D eigenvalue weighted by atomic mass is 35.5. The molecule has 0 unspecified atom stereocenters. The summed E-state index contributed by atoms with van der Waals surface area (Å²) in [5, 5.41) is 1.72. The van der Waals surface area contributed by atoms with Gasteiger partial charge in [0.1, 0.15) is 0 Å². The third-order valence-electron chi connectivity index (χ3n) is 3.15. The zero-order valence-electron chi connectivity index (χ0n) is 10.2. The standard InChI is InChI=1S/C16H12ClNO/c17-14-8-4-7-13-9-10-18(16(13)14)11-15(19)12-5-2-1-3-6-12/h1-10H,11H2. The van der Waals surface area contributed by atoms with Crippen LogP contribution in [0.25, 0.3) is 10.9 Å². The normalized spacial score (nSPS) is 10.8. The quantitative estimate of drug-likeness (QED) is 0.654. The molecule has 0 N–H and O–H groups in total. The molecular weight excluding hydrogens is 258 g/mol. The smallest absolute Gasteiger partial charge is 0.182 e. The van der Waals surface area contributed by atoms with Gasteiger partial charge in [0.05, 0.1) is 17.1 Å². The Kier molecular flexibility index (Phi) is 3.10. The average Bonchev–Trinajstić information content (AvgIpc) is 2.84. The van der Waals surface area contributed by atoms with Crippen LogP contribution < -0.4 is 0 Å². The van der Waals surface area contributed by atoms with Crippen LogP contribution in [-0.2, 0) is 6.54 Å². The van der Waals surface area contributed by atoms with Crippen molar-refractivity contribution in [3.8, 4) is 0 Å². The average molecular weight is 270 g/mol. The van der Waals surface area contributed by atoms with Crippen molar-refractivity contribution in [3.63, 3.8) is 0 Å². The molecule has 2 nitrogen and oxygen atoms in total. The molecule has 0 saturated heterocycles. The van der Waals surface area contributed by atoms with Gasteiger partial charge in [0.25, 0.3) is 0 Å². The molecule has 0 fully saturated rings. The third kappa shape index (κ3) is 2.27. The Morgan fingerprint density at radius 1 is 1.00 bits per heavy atom. The first-order valence-corrected chi connectivity index (χ1v) is 6.45. The number of para-hydroxylation sites is 1. The fraction of sp³-hybridized carbons (Fsp3) is 0.0625. The molecule has 0 spiro atoms. The van der Waals surface area contributed by atoms with Crippen molar-refractivity contribution in [3.05, 3.63) is 71.4 Å². The van der Waals surface area contributed by atoms with Crippen molar-refractivity contribution in [2.45, 2.75) is 6.54 Å². The Labute approximate surface area is 116 Å². The predicted octanol–water partition coefficient (Wildman–Crippen LogP) is 4.18. The Morgan fingerprint density at radius 3 is 2.58 bits per heavy atom. The molecule has 3 rings (SSSR count). The summed E-state index contributed by atoms with van der Waals surface area (Å²) < 4.78 is 1.90. The zero-order valence-corrected chi connectivity index (χ0v) is 11.0. The molecule has 0 amide bonds. The molecule has 3 aromatic rings. The lowest BCUT2D eigenvalue weighted by molar-refractivity contribution is 0.0973. The molecule has 19 heavy (non-hydrogen) atoms. The molecule has 1 aromatic heterocycles.